The molecule has 0 saturated heterocycles. The summed E-state index contributed by atoms with van der Waals surface area (Å²) >= 11 is 3.85. The lowest BCUT2D eigenvalue weighted by Crippen LogP contribution is -2.58. The molecule has 11 nitrogen and oxygen atoms in total. The van der Waals surface area contributed by atoms with Gasteiger partial charge in [0.15, 0.2) is 0 Å². The molecule has 8 N–H and O–H groups in total. The summed E-state index contributed by atoms with van der Waals surface area (Å²) in [6, 6.07) is -4.32. The Labute approximate surface area is 168 Å². The lowest BCUT2D eigenvalue weighted by Gasteiger charge is -2.26. The number of aliphatic carboxylic acids is 1. The van der Waals surface area contributed by atoms with Crippen LogP contribution in [-0.2, 0) is 24.0 Å². The van der Waals surface area contributed by atoms with Gasteiger partial charge in [-0.1, -0.05) is 13.8 Å². The van der Waals surface area contributed by atoms with Gasteiger partial charge >= 0.3 is 5.97 Å². The van der Waals surface area contributed by atoms with Gasteiger partial charge in [0, 0.05) is 12.2 Å². The highest BCUT2D eigenvalue weighted by atomic mass is 32.1. The third-order valence-electron chi connectivity index (χ3n) is 3.77. The summed E-state index contributed by atoms with van der Waals surface area (Å²) < 4.78 is 0. The molecule has 0 aromatic heterocycles. The maximum Gasteiger partial charge on any atom is 0.327 e. The van der Waals surface area contributed by atoms with Gasteiger partial charge in [-0.2, -0.15) is 12.6 Å². The van der Waals surface area contributed by atoms with Crippen LogP contribution in [0.25, 0.3) is 0 Å². The van der Waals surface area contributed by atoms with Gasteiger partial charge < -0.3 is 32.5 Å². The second-order valence-corrected chi connectivity index (χ2v) is 7.03. The van der Waals surface area contributed by atoms with Crippen molar-refractivity contribution in [3.05, 3.63) is 0 Å². The third-order valence-corrected chi connectivity index (χ3v) is 4.14. The number of thiol groups is 1. The molecule has 0 aliphatic carbocycles. The maximum atomic E-state index is 12.6. The average molecular weight is 420 g/mol. The fourth-order valence-electron chi connectivity index (χ4n) is 2.09. The number of primary amides is 1. The molecule has 0 aliphatic rings. The van der Waals surface area contributed by atoms with Crippen LogP contribution >= 0.6 is 12.6 Å². The first-order valence-corrected chi connectivity index (χ1v) is 9.32. The molecule has 0 aliphatic heterocycles. The highest BCUT2D eigenvalue weighted by Crippen LogP contribution is 2.06. The Morgan fingerprint density at radius 2 is 1.46 bits per heavy atom. The molecule has 4 amide bonds. The number of carbonyl (C=O) groups excluding carboxylic acids is 4. The van der Waals surface area contributed by atoms with Crippen molar-refractivity contribution in [2.45, 2.75) is 57.8 Å². The van der Waals surface area contributed by atoms with Crippen LogP contribution < -0.4 is 27.4 Å². The minimum absolute atomic E-state index is 0.141. The first-order valence-electron chi connectivity index (χ1n) is 8.69. The monoisotopic (exact) mass is 419 g/mol. The molecule has 4 atom stereocenters. The molecule has 0 radical (unpaired) electrons. The van der Waals surface area contributed by atoms with E-state index in [9.17, 15) is 24.0 Å². The van der Waals surface area contributed by atoms with Crippen molar-refractivity contribution < 1.29 is 29.1 Å². The molecule has 0 fully saturated rings. The van der Waals surface area contributed by atoms with E-state index in [-0.39, 0.29) is 24.5 Å². The number of amides is 4. The van der Waals surface area contributed by atoms with E-state index < -0.39 is 53.8 Å². The van der Waals surface area contributed by atoms with Gasteiger partial charge in [-0.25, -0.2) is 4.79 Å². The zero-order chi connectivity index (χ0) is 22.0. The van der Waals surface area contributed by atoms with Crippen molar-refractivity contribution in [3.8, 4) is 0 Å². The van der Waals surface area contributed by atoms with Gasteiger partial charge in [-0.05, 0) is 19.3 Å². The number of hydrogen-bond donors (Lipinski definition) is 7. The quantitative estimate of drug-likeness (QED) is 0.173. The first-order chi connectivity index (χ1) is 12.9. The smallest absolute Gasteiger partial charge is 0.327 e. The van der Waals surface area contributed by atoms with E-state index in [1.807, 2.05) is 0 Å². The molecular weight excluding hydrogens is 390 g/mol. The molecule has 0 spiro atoms. The van der Waals surface area contributed by atoms with E-state index in [1.165, 1.54) is 6.92 Å². The topological polar surface area (TPSA) is 194 Å². The Balaban J connectivity index is 5.34. The second-order valence-electron chi connectivity index (χ2n) is 6.67. The predicted octanol–water partition coefficient (Wildman–Crippen LogP) is -2.28. The SMILES string of the molecule is CC(N)C(=O)NC(C(=O)NC(CCC(N)=O)C(=O)NC(CS)C(=O)O)C(C)C. The first kappa shape index (κ1) is 25.7. The molecule has 28 heavy (non-hydrogen) atoms. The zero-order valence-electron chi connectivity index (χ0n) is 16.1. The summed E-state index contributed by atoms with van der Waals surface area (Å²) in [4.78, 5) is 59.0. The standard InChI is InChI=1S/C16H29N5O6S/c1-7(2)12(21-13(23)8(3)17)15(25)19-9(4-5-11(18)22)14(24)20-10(6-28)16(26)27/h7-10,12,28H,4-6,17H2,1-3H3,(H2,18,22)(H,19,25)(H,20,24)(H,21,23)(H,26,27). The van der Waals surface area contributed by atoms with Crippen LogP contribution in [-0.4, -0.2) is 64.6 Å². The van der Waals surface area contributed by atoms with Crippen molar-refractivity contribution in [1.29, 1.82) is 0 Å². The van der Waals surface area contributed by atoms with E-state index in [0.29, 0.717) is 0 Å². The maximum absolute atomic E-state index is 12.6. The zero-order valence-corrected chi connectivity index (χ0v) is 17.0. The average Bonchev–Trinajstić information content (AvgIpc) is 2.59. The molecule has 12 heteroatoms. The van der Waals surface area contributed by atoms with Crippen molar-refractivity contribution in [2.24, 2.45) is 17.4 Å². The summed E-state index contributed by atoms with van der Waals surface area (Å²) in [5.41, 5.74) is 10.6. The summed E-state index contributed by atoms with van der Waals surface area (Å²) in [7, 11) is 0. The fraction of sp³-hybridized carbons (Fsp3) is 0.688. The number of rotatable bonds is 12. The number of nitrogens with two attached hydrogens (primary N) is 2. The van der Waals surface area contributed by atoms with E-state index in [1.54, 1.807) is 13.8 Å². The number of carbonyl (C=O) groups is 5. The Hall–Kier alpha value is -2.34. The second kappa shape index (κ2) is 12.2. The van der Waals surface area contributed by atoms with Crippen LogP contribution in [0.5, 0.6) is 0 Å². The Morgan fingerprint density at radius 1 is 0.929 bits per heavy atom. The van der Waals surface area contributed by atoms with Crippen LogP contribution in [0.2, 0.25) is 0 Å². The predicted molar refractivity (Wildman–Crippen MR) is 104 cm³/mol. The number of hydrogen-bond acceptors (Lipinski definition) is 7. The van der Waals surface area contributed by atoms with Gasteiger partial charge in [-0.15, -0.1) is 0 Å². The van der Waals surface area contributed by atoms with Crippen LogP contribution in [0.15, 0.2) is 0 Å². The van der Waals surface area contributed by atoms with Crippen molar-refractivity contribution in [1.82, 2.24) is 16.0 Å². The highest BCUT2D eigenvalue weighted by Gasteiger charge is 2.31. The van der Waals surface area contributed by atoms with Crippen molar-refractivity contribution in [3.63, 3.8) is 0 Å². The number of carboxylic acids is 1. The summed E-state index contributed by atoms with van der Waals surface area (Å²) in [5, 5.41) is 16.2. The fourth-order valence-corrected chi connectivity index (χ4v) is 2.34. The van der Waals surface area contributed by atoms with Gasteiger partial charge in [0.25, 0.3) is 0 Å². The number of carboxylic acid groups (broad SMARTS) is 1. The van der Waals surface area contributed by atoms with E-state index in [0.717, 1.165) is 0 Å². The molecule has 4 unspecified atom stereocenters. The van der Waals surface area contributed by atoms with Crippen molar-refractivity contribution in [2.75, 3.05) is 5.75 Å². The minimum Gasteiger partial charge on any atom is -0.480 e. The van der Waals surface area contributed by atoms with Crippen molar-refractivity contribution >= 4 is 42.2 Å². The molecule has 0 rings (SSSR count). The highest BCUT2D eigenvalue weighted by molar-refractivity contribution is 7.80. The van der Waals surface area contributed by atoms with Crippen LogP contribution in [0.4, 0.5) is 0 Å². The van der Waals surface area contributed by atoms with Crippen LogP contribution in [0, 0.1) is 5.92 Å². The van der Waals surface area contributed by atoms with Gasteiger partial charge in [0.1, 0.15) is 18.1 Å². The van der Waals surface area contributed by atoms with Gasteiger partial charge in [-0.3, -0.25) is 19.2 Å². The van der Waals surface area contributed by atoms with Gasteiger partial charge in [0.2, 0.25) is 23.6 Å². The largest absolute Gasteiger partial charge is 0.480 e. The summed E-state index contributed by atoms with van der Waals surface area (Å²) in [6.07, 6.45) is -0.354. The molecule has 0 heterocycles. The lowest BCUT2D eigenvalue weighted by atomic mass is 10.0. The molecule has 0 aromatic carbocycles. The molecule has 0 saturated carbocycles. The molecule has 0 bridgehead atoms. The van der Waals surface area contributed by atoms with Gasteiger partial charge in [0.05, 0.1) is 6.04 Å². The molecule has 0 aromatic rings. The normalized spacial score (nSPS) is 15.1. The minimum atomic E-state index is -1.30. The van der Waals surface area contributed by atoms with Crippen LogP contribution in [0.1, 0.15) is 33.6 Å². The molecule has 160 valence electrons. The lowest BCUT2D eigenvalue weighted by molar-refractivity contribution is -0.141. The van der Waals surface area contributed by atoms with E-state index in [4.69, 9.17) is 16.6 Å². The third kappa shape index (κ3) is 9.04. The van der Waals surface area contributed by atoms with E-state index in [2.05, 4.69) is 28.6 Å². The summed E-state index contributed by atoms with van der Waals surface area (Å²) in [6.45, 7) is 4.83. The van der Waals surface area contributed by atoms with E-state index >= 15 is 0 Å². The Bertz CT molecular complexity index is 598. The summed E-state index contributed by atoms with van der Waals surface area (Å²) in [5.74, 6) is -4.52. The number of nitrogens with one attached hydrogen (secondary N) is 3. The van der Waals surface area contributed by atoms with Crippen LogP contribution in [0.3, 0.4) is 0 Å². The Kier molecular flexibility index (Phi) is 11.2. The Morgan fingerprint density at radius 3 is 1.86 bits per heavy atom. The molecular formula is C16H29N5O6S.